The molecule has 2 rings (SSSR count). The summed E-state index contributed by atoms with van der Waals surface area (Å²) < 4.78 is 26.5. The Morgan fingerprint density at radius 2 is 1.82 bits per heavy atom. The van der Waals surface area contributed by atoms with Gasteiger partial charge >= 0.3 is 0 Å². The van der Waals surface area contributed by atoms with Gasteiger partial charge in [-0.1, -0.05) is 26.7 Å². The van der Waals surface area contributed by atoms with Crippen LogP contribution in [0.4, 0.5) is 0 Å². The highest BCUT2D eigenvalue weighted by Crippen LogP contribution is 2.33. The lowest BCUT2D eigenvalue weighted by Crippen LogP contribution is -2.55. The summed E-state index contributed by atoms with van der Waals surface area (Å²) in [6.45, 7) is 5.37. The predicted octanol–water partition coefficient (Wildman–Crippen LogP) is 1.32. The first-order chi connectivity index (χ1) is 7.84. The van der Waals surface area contributed by atoms with Crippen molar-refractivity contribution in [2.24, 2.45) is 11.1 Å². The lowest BCUT2D eigenvalue weighted by molar-refractivity contribution is 0.160. The summed E-state index contributed by atoms with van der Waals surface area (Å²) in [7, 11) is -3.09. The van der Waals surface area contributed by atoms with Crippen LogP contribution in [-0.2, 0) is 10.0 Å². The van der Waals surface area contributed by atoms with E-state index in [1.54, 1.807) is 4.31 Å². The van der Waals surface area contributed by atoms with E-state index in [-0.39, 0.29) is 16.7 Å². The fraction of sp³-hybridized carbons (Fsp3) is 1.00. The van der Waals surface area contributed by atoms with Crippen molar-refractivity contribution in [1.82, 2.24) is 4.31 Å². The molecule has 17 heavy (non-hydrogen) atoms. The van der Waals surface area contributed by atoms with Gasteiger partial charge in [-0.05, 0) is 24.7 Å². The lowest BCUT2D eigenvalue weighted by Gasteiger charge is -2.42. The third-order valence-electron chi connectivity index (χ3n) is 4.49. The highest BCUT2D eigenvalue weighted by molar-refractivity contribution is 7.89. The molecule has 1 saturated heterocycles. The van der Waals surface area contributed by atoms with E-state index < -0.39 is 10.0 Å². The maximum Gasteiger partial charge on any atom is 0.217 e. The molecule has 0 aromatic rings. The van der Waals surface area contributed by atoms with Crippen LogP contribution >= 0.6 is 0 Å². The Hall–Kier alpha value is -0.130. The lowest BCUT2D eigenvalue weighted by atomic mass is 9.79. The number of sulfonamides is 1. The third-order valence-corrected chi connectivity index (χ3v) is 6.86. The summed E-state index contributed by atoms with van der Waals surface area (Å²) in [6.07, 6.45) is 4.62. The van der Waals surface area contributed by atoms with Crippen molar-refractivity contribution in [3.63, 3.8) is 0 Å². The second-order valence-electron chi connectivity index (χ2n) is 6.15. The zero-order valence-corrected chi connectivity index (χ0v) is 11.7. The molecule has 0 aromatic carbocycles. The number of piperidine rings is 1. The van der Waals surface area contributed by atoms with Crippen molar-refractivity contribution in [2.75, 3.05) is 13.1 Å². The largest absolute Gasteiger partial charge is 0.326 e. The van der Waals surface area contributed by atoms with Gasteiger partial charge in [0.25, 0.3) is 0 Å². The van der Waals surface area contributed by atoms with E-state index in [0.29, 0.717) is 13.1 Å². The van der Waals surface area contributed by atoms with Gasteiger partial charge < -0.3 is 5.73 Å². The van der Waals surface area contributed by atoms with Gasteiger partial charge in [0.15, 0.2) is 0 Å². The van der Waals surface area contributed by atoms with E-state index in [1.807, 2.05) is 0 Å². The Labute approximate surface area is 105 Å². The molecule has 2 fully saturated rings. The molecule has 0 radical (unpaired) electrons. The van der Waals surface area contributed by atoms with Crippen LogP contribution in [0.5, 0.6) is 0 Å². The monoisotopic (exact) mass is 260 g/mol. The van der Waals surface area contributed by atoms with Gasteiger partial charge in [0.05, 0.1) is 5.25 Å². The SMILES string of the molecule is CC1(C)CCN(S(=O)(=O)C2CCCC2)CC1N. The van der Waals surface area contributed by atoms with Crippen LogP contribution in [0.25, 0.3) is 0 Å². The van der Waals surface area contributed by atoms with Crippen LogP contribution < -0.4 is 5.73 Å². The maximum atomic E-state index is 12.4. The summed E-state index contributed by atoms with van der Waals surface area (Å²) in [6, 6.07) is -0.0487. The molecule has 0 aromatic heterocycles. The summed E-state index contributed by atoms with van der Waals surface area (Å²) in [4.78, 5) is 0. The Bertz CT molecular complexity index is 372. The number of hydrogen-bond acceptors (Lipinski definition) is 3. The highest BCUT2D eigenvalue weighted by atomic mass is 32.2. The molecule has 2 N–H and O–H groups in total. The van der Waals surface area contributed by atoms with Crippen molar-refractivity contribution < 1.29 is 8.42 Å². The summed E-state index contributed by atoms with van der Waals surface area (Å²) in [5.41, 5.74) is 6.15. The zero-order chi connectivity index (χ0) is 12.7. The topological polar surface area (TPSA) is 63.4 Å². The minimum atomic E-state index is -3.09. The molecular formula is C12H24N2O2S. The molecule has 1 atom stereocenters. The minimum Gasteiger partial charge on any atom is -0.326 e. The maximum absolute atomic E-state index is 12.4. The highest BCUT2D eigenvalue weighted by Gasteiger charge is 2.41. The minimum absolute atomic E-state index is 0.0487. The summed E-state index contributed by atoms with van der Waals surface area (Å²) in [5, 5.41) is -0.143. The first-order valence-electron chi connectivity index (χ1n) is 6.58. The smallest absolute Gasteiger partial charge is 0.217 e. The Kier molecular flexibility index (Phi) is 3.54. The summed E-state index contributed by atoms with van der Waals surface area (Å²) >= 11 is 0. The molecule has 1 heterocycles. The number of rotatable bonds is 2. The van der Waals surface area contributed by atoms with Gasteiger partial charge in [-0.25, -0.2) is 12.7 Å². The fourth-order valence-corrected chi connectivity index (χ4v) is 4.85. The molecule has 0 bridgehead atoms. The standard InChI is InChI=1S/C12H24N2O2S/c1-12(2)7-8-14(9-11(12)13)17(15,16)10-5-3-4-6-10/h10-11H,3-9,13H2,1-2H3. The fourth-order valence-electron chi connectivity index (χ4n) is 2.78. The predicted molar refractivity (Wildman–Crippen MR) is 69.1 cm³/mol. The van der Waals surface area contributed by atoms with Crippen LogP contribution in [-0.4, -0.2) is 37.1 Å². The molecule has 5 heteroatoms. The normalized spacial score (nSPS) is 31.8. The van der Waals surface area contributed by atoms with Crippen molar-refractivity contribution in [2.45, 2.75) is 57.2 Å². The molecule has 0 spiro atoms. The van der Waals surface area contributed by atoms with Gasteiger partial charge in [0.2, 0.25) is 10.0 Å². The van der Waals surface area contributed by atoms with Crippen molar-refractivity contribution in [1.29, 1.82) is 0 Å². The van der Waals surface area contributed by atoms with Crippen LogP contribution in [0.15, 0.2) is 0 Å². The van der Waals surface area contributed by atoms with Gasteiger partial charge in [-0.3, -0.25) is 0 Å². The molecule has 1 saturated carbocycles. The van der Waals surface area contributed by atoms with Gasteiger partial charge in [-0.2, -0.15) is 0 Å². The Morgan fingerprint density at radius 3 is 2.35 bits per heavy atom. The Balaban J connectivity index is 2.08. The Morgan fingerprint density at radius 1 is 1.24 bits per heavy atom. The van der Waals surface area contributed by atoms with Crippen LogP contribution in [0.1, 0.15) is 46.0 Å². The number of hydrogen-bond donors (Lipinski definition) is 1. The third kappa shape index (κ3) is 2.51. The quantitative estimate of drug-likeness (QED) is 0.814. The molecule has 100 valence electrons. The van der Waals surface area contributed by atoms with Crippen molar-refractivity contribution in [3.05, 3.63) is 0 Å². The van der Waals surface area contributed by atoms with E-state index >= 15 is 0 Å². The number of nitrogens with two attached hydrogens (primary N) is 1. The molecule has 1 aliphatic carbocycles. The second kappa shape index (κ2) is 4.52. The average molecular weight is 260 g/mol. The molecule has 1 aliphatic heterocycles. The van der Waals surface area contributed by atoms with E-state index in [2.05, 4.69) is 13.8 Å². The first kappa shape index (κ1) is 13.3. The zero-order valence-electron chi connectivity index (χ0n) is 10.9. The van der Waals surface area contributed by atoms with Gasteiger partial charge in [0, 0.05) is 19.1 Å². The van der Waals surface area contributed by atoms with Crippen molar-refractivity contribution in [3.8, 4) is 0 Å². The van der Waals surface area contributed by atoms with E-state index in [4.69, 9.17) is 5.73 Å². The van der Waals surface area contributed by atoms with Gasteiger partial charge in [0.1, 0.15) is 0 Å². The molecule has 4 nitrogen and oxygen atoms in total. The number of nitrogens with zero attached hydrogens (tertiary/aromatic N) is 1. The first-order valence-corrected chi connectivity index (χ1v) is 8.09. The van der Waals surface area contributed by atoms with Crippen LogP contribution in [0.3, 0.4) is 0 Å². The molecule has 1 unspecified atom stereocenters. The molecular weight excluding hydrogens is 236 g/mol. The van der Waals surface area contributed by atoms with Crippen LogP contribution in [0, 0.1) is 5.41 Å². The molecule has 2 aliphatic rings. The van der Waals surface area contributed by atoms with Crippen LogP contribution in [0.2, 0.25) is 0 Å². The van der Waals surface area contributed by atoms with E-state index in [0.717, 1.165) is 32.1 Å². The van der Waals surface area contributed by atoms with Gasteiger partial charge in [-0.15, -0.1) is 0 Å². The summed E-state index contributed by atoms with van der Waals surface area (Å²) in [5.74, 6) is 0. The average Bonchev–Trinajstić information content (AvgIpc) is 2.75. The van der Waals surface area contributed by atoms with Crippen molar-refractivity contribution >= 4 is 10.0 Å². The second-order valence-corrected chi connectivity index (χ2v) is 8.37. The molecule has 0 amide bonds. The van der Waals surface area contributed by atoms with E-state index in [9.17, 15) is 8.42 Å². The van der Waals surface area contributed by atoms with E-state index in [1.165, 1.54) is 0 Å².